The summed E-state index contributed by atoms with van der Waals surface area (Å²) in [6, 6.07) is 0. The van der Waals surface area contributed by atoms with E-state index >= 15 is 0 Å². The van der Waals surface area contributed by atoms with Gasteiger partial charge in [-0.3, -0.25) is 4.79 Å². The lowest BCUT2D eigenvalue weighted by atomic mass is 10.2. The molecule has 0 aliphatic carbocycles. The molecule has 1 N–H and O–H groups in total. The van der Waals surface area contributed by atoms with Gasteiger partial charge in [-0.1, -0.05) is 24.7 Å². The van der Waals surface area contributed by atoms with Crippen molar-refractivity contribution in [1.29, 1.82) is 0 Å². The van der Waals surface area contributed by atoms with Gasteiger partial charge >= 0.3 is 0 Å². The van der Waals surface area contributed by atoms with E-state index in [1.807, 2.05) is 6.92 Å². The molecule has 1 aliphatic rings. The minimum atomic E-state index is -3.56. The number of hydrogen-bond donors (Lipinski definition) is 1. The summed E-state index contributed by atoms with van der Waals surface area (Å²) >= 11 is 0.904. The van der Waals surface area contributed by atoms with Crippen LogP contribution in [-0.4, -0.2) is 41.9 Å². The molecule has 1 aromatic rings. The van der Waals surface area contributed by atoms with E-state index in [9.17, 15) is 13.2 Å². The number of nitrogens with zero attached hydrogens (tertiary/aromatic N) is 3. The highest BCUT2D eigenvalue weighted by molar-refractivity contribution is 7.91. The molecular weight excluding hydrogens is 300 g/mol. The van der Waals surface area contributed by atoms with Gasteiger partial charge < -0.3 is 5.32 Å². The van der Waals surface area contributed by atoms with Crippen LogP contribution >= 0.6 is 11.3 Å². The first-order valence-corrected chi connectivity index (χ1v) is 8.93. The number of aromatic nitrogens is 2. The van der Waals surface area contributed by atoms with Crippen LogP contribution in [-0.2, 0) is 14.8 Å². The molecule has 0 radical (unpaired) electrons. The summed E-state index contributed by atoms with van der Waals surface area (Å²) in [4.78, 5) is 11.4. The lowest BCUT2D eigenvalue weighted by Gasteiger charge is -2.24. The third-order valence-electron chi connectivity index (χ3n) is 3.01. The molecule has 1 aromatic heterocycles. The Hall–Kier alpha value is -1.06. The van der Waals surface area contributed by atoms with Gasteiger partial charge in [-0.25, -0.2) is 8.42 Å². The summed E-state index contributed by atoms with van der Waals surface area (Å²) in [5.41, 5.74) is 0. The Morgan fingerprint density at radius 1 is 1.30 bits per heavy atom. The highest BCUT2D eigenvalue weighted by Crippen LogP contribution is 2.25. The number of hydrogen-bond acceptors (Lipinski definition) is 6. The van der Waals surface area contributed by atoms with E-state index in [1.165, 1.54) is 4.31 Å². The van der Waals surface area contributed by atoms with Crippen LogP contribution in [0.2, 0.25) is 0 Å². The van der Waals surface area contributed by atoms with E-state index in [1.54, 1.807) is 0 Å². The summed E-state index contributed by atoms with van der Waals surface area (Å²) in [6.45, 7) is 2.95. The lowest BCUT2D eigenvalue weighted by Crippen LogP contribution is -2.35. The number of anilines is 1. The molecule has 7 nitrogen and oxygen atoms in total. The van der Waals surface area contributed by atoms with Crippen LogP contribution in [0.5, 0.6) is 0 Å². The van der Waals surface area contributed by atoms with Crippen LogP contribution in [0.1, 0.15) is 39.0 Å². The van der Waals surface area contributed by atoms with Gasteiger partial charge in [0.05, 0.1) is 0 Å². The standard InChI is InChI=1S/C11H18N4O3S2/c1-2-6-9(16)12-10-13-14-11(19-10)20(17,18)15-7-4-3-5-8-15/h2-8H2,1H3,(H,12,13,16). The van der Waals surface area contributed by atoms with Gasteiger partial charge in [-0.15, -0.1) is 10.2 Å². The second-order valence-electron chi connectivity index (χ2n) is 4.64. The zero-order chi connectivity index (χ0) is 14.6. The third-order valence-corrected chi connectivity index (χ3v) is 6.09. The van der Waals surface area contributed by atoms with Crippen molar-refractivity contribution in [2.45, 2.75) is 43.4 Å². The maximum atomic E-state index is 12.3. The molecule has 1 amide bonds. The molecule has 9 heteroatoms. The lowest BCUT2D eigenvalue weighted by molar-refractivity contribution is -0.116. The summed E-state index contributed by atoms with van der Waals surface area (Å²) < 4.78 is 26.1. The molecule has 1 aliphatic heterocycles. The van der Waals surface area contributed by atoms with Gasteiger partial charge in [0.2, 0.25) is 15.4 Å². The molecule has 0 aromatic carbocycles. The molecule has 2 rings (SSSR count). The Balaban J connectivity index is 2.09. The van der Waals surface area contributed by atoms with Crippen molar-refractivity contribution in [1.82, 2.24) is 14.5 Å². The maximum Gasteiger partial charge on any atom is 0.272 e. The number of rotatable bonds is 5. The third kappa shape index (κ3) is 3.53. The van der Waals surface area contributed by atoms with Crippen LogP contribution in [0.4, 0.5) is 5.13 Å². The Kier molecular flexibility index (Phi) is 5.06. The predicted molar refractivity (Wildman–Crippen MR) is 76.1 cm³/mol. The number of carbonyl (C=O) groups excluding carboxylic acids is 1. The minimum Gasteiger partial charge on any atom is -0.301 e. The van der Waals surface area contributed by atoms with Crippen LogP contribution in [0, 0.1) is 0 Å². The highest BCUT2D eigenvalue weighted by atomic mass is 32.2. The first kappa shape index (κ1) is 15.3. The van der Waals surface area contributed by atoms with Crippen LogP contribution in [0.25, 0.3) is 0 Å². The van der Waals surface area contributed by atoms with Crippen molar-refractivity contribution in [2.75, 3.05) is 18.4 Å². The fourth-order valence-electron chi connectivity index (χ4n) is 1.99. The fraction of sp³-hybridized carbons (Fsp3) is 0.727. The average Bonchev–Trinajstić information content (AvgIpc) is 2.89. The Labute approximate surface area is 122 Å². The molecule has 0 saturated carbocycles. The van der Waals surface area contributed by atoms with E-state index in [4.69, 9.17) is 0 Å². The summed E-state index contributed by atoms with van der Waals surface area (Å²) in [6.07, 6.45) is 3.91. The Morgan fingerprint density at radius 2 is 2.00 bits per heavy atom. The molecule has 1 fully saturated rings. The molecule has 20 heavy (non-hydrogen) atoms. The molecule has 112 valence electrons. The number of piperidine rings is 1. The van der Waals surface area contributed by atoms with Crippen LogP contribution in [0.3, 0.4) is 0 Å². The monoisotopic (exact) mass is 318 g/mol. The van der Waals surface area contributed by atoms with Gasteiger partial charge in [0, 0.05) is 19.5 Å². The summed E-state index contributed by atoms with van der Waals surface area (Å²) in [7, 11) is -3.56. The molecule has 0 bridgehead atoms. The van der Waals surface area contributed by atoms with Crippen LogP contribution in [0.15, 0.2) is 4.34 Å². The van der Waals surface area contributed by atoms with Crippen molar-refractivity contribution in [3.63, 3.8) is 0 Å². The topological polar surface area (TPSA) is 92.3 Å². The maximum absolute atomic E-state index is 12.3. The first-order valence-electron chi connectivity index (χ1n) is 6.67. The van der Waals surface area contributed by atoms with Gasteiger partial charge in [-0.2, -0.15) is 4.31 Å². The van der Waals surface area contributed by atoms with Gasteiger partial charge in [0.15, 0.2) is 0 Å². The largest absolute Gasteiger partial charge is 0.301 e. The quantitative estimate of drug-likeness (QED) is 0.830. The second-order valence-corrected chi connectivity index (χ2v) is 7.73. The molecule has 0 atom stereocenters. The smallest absolute Gasteiger partial charge is 0.272 e. The van der Waals surface area contributed by atoms with E-state index in [0.717, 1.165) is 37.0 Å². The number of sulfonamides is 1. The molecular formula is C11H18N4O3S2. The first-order chi connectivity index (χ1) is 9.54. The van der Waals surface area contributed by atoms with Gasteiger partial charge in [0.25, 0.3) is 10.0 Å². The summed E-state index contributed by atoms with van der Waals surface area (Å²) in [5, 5.41) is 10.2. The SMILES string of the molecule is CCCC(=O)Nc1nnc(S(=O)(=O)N2CCCCC2)s1. The highest BCUT2D eigenvalue weighted by Gasteiger charge is 2.29. The number of amides is 1. The van der Waals surface area contributed by atoms with Crippen molar-refractivity contribution in [3.8, 4) is 0 Å². The number of nitrogens with one attached hydrogen (secondary N) is 1. The van der Waals surface area contributed by atoms with Gasteiger partial charge in [0.1, 0.15) is 0 Å². The van der Waals surface area contributed by atoms with E-state index < -0.39 is 10.0 Å². The van der Waals surface area contributed by atoms with Gasteiger partial charge in [-0.05, 0) is 19.3 Å². The van der Waals surface area contributed by atoms with E-state index in [0.29, 0.717) is 19.5 Å². The molecule has 1 saturated heterocycles. The normalized spacial score (nSPS) is 17.1. The van der Waals surface area contributed by atoms with Crippen molar-refractivity contribution in [3.05, 3.63) is 0 Å². The van der Waals surface area contributed by atoms with Crippen molar-refractivity contribution in [2.24, 2.45) is 0 Å². The van der Waals surface area contributed by atoms with Crippen molar-refractivity contribution >= 4 is 32.4 Å². The zero-order valence-corrected chi connectivity index (χ0v) is 13.0. The molecule has 2 heterocycles. The fourth-order valence-corrected chi connectivity index (χ4v) is 4.56. The zero-order valence-electron chi connectivity index (χ0n) is 11.3. The van der Waals surface area contributed by atoms with E-state index in [2.05, 4.69) is 15.5 Å². The molecule has 0 spiro atoms. The van der Waals surface area contributed by atoms with Crippen molar-refractivity contribution < 1.29 is 13.2 Å². The second kappa shape index (κ2) is 6.59. The predicted octanol–water partition coefficient (Wildman–Crippen LogP) is 1.45. The van der Waals surface area contributed by atoms with E-state index in [-0.39, 0.29) is 15.4 Å². The minimum absolute atomic E-state index is 0.0498. The average molecular weight is 318 g/mol. The summed E-state index contributed by atoms with van der Waals surface area (Å²) in [5.74, 6) is -0.175. The van der Waals surface area contributed by atoms with Crippen LogP contribution < -0.4 is 5.32 Å². The molecule has 0 unspecified atom stereocenters. The number of carbonyl (C=O) groups is 1. The Bertz CT molecular complexity index is 564. The Morgan fingerprint density at radius 3 is 2.65 bits per heavy atom.